The van der Waals surface area contributed by atoms with Crippen LogP contribution in [0.1, 0.15) is 11.5 Å². The molecule has 6 nitrogen and oxygen atoms in total. The molecule has 0 saturated carbocycles. The molecule has 2 aromatic rings. The Kier molecular flexibility index (Phi) is 2.76. The first kappa shape index (κ1) is 10.9. The number of rotatable bonds is 3. The lowest BCUT2D eigenvalue weighted by molar-refractivity contribution is 0.171. The number of aryl methyl sites for hydroxylation is 1. The highest BCUT2D eigenvalue weighted by Crippen LogP contribution is 2.30. The Balaban J connectivity index is 1.69. The number of hydrogen-bond donors (Lipinski definition) is 1. The number of aromatic nitrogens is 2. The lowest BCUT2D eigenvalue weighted by Crippen LogP contribution is -2.15. The number of hydrogen-bond acceptors (Lipinski definition) is 6. The molecule has 0 atom stereocenters. The van der Waals surface area contributed by atoms with Crippen LogP contribution in [0.3, 0.4) is 0 Å². The monoisotopic (exact) mass is 247 g/mol. The Morgan fingerprint density at radius 2 is 2.00 bits per heavy atom. The first-order chi connectivity index (χ1) is 8.81. The third-order valence-electron chi connectivity index (χ3n) is 2.58. The van der Waals surface area contributed by atoms with E-state index in [1.54, 1.807) is 6.92 Å². The van der Waals surface area contributed by atoms with Crippen LogP contribution in [-0.2, 0) is 6.54 Å². The van der Waals surface area contributed by atoms with E-state index in [-0.39, 0.29) is 0 Å². The molecule has 18 heavy (non-hydrogen) atoms. The standard InChI is InChI=1S/C12H13N3O3/c1-8-14-15-12(18-8)13-7-9-2-3-10-11(6-9)17-5-4-16-10/h2-3,6H,4-5,7H2,1H3,(H,13,15). The van der Waals surface area contributed by atoms with Gasteiger partial charge >= 0.3 is 6.01 Å². The summed E-state index contributed by atoms with van der Waals surface area (Å²) in [6, 6.07) is 6.25. The summed E-state index contributed by atoms with van der Waals surface area (Å²) in [6.45, 7) is 3.54. The van der Waals surface area contributed by atoms with Crippen molar-refractivity contribution in [2.24, 2.45) is 0 Å². The van der Waals surface area contributed by atoms with Gasteiger partial charge in [0.1, 0.15) is 13.2 Å². The van der Waals surface area contributed by atoms with Gasteiger partial charge in [0.05, 0.1) is 0 Å². The van der Waals surface area contributed by atoms with E-state index in [1.807, 2.05) is 18.2 Å². The Labute approximate surface area is 104 Å². The van der Waals surface area contributed by atoms with Crippen molar-refractivity contribution in [2.75, 3.05) is 18.5 Å². The summed E-state index contributed by atoms with van der Waals surface area (Å²) in [6.07, 6.45) is 0. The predicted molar refractivity (Wildman–Crippen MR) is 63.8 cm³/mol. The Morgan fingerprint density at radius 3 is 2.78 bits per heavy atom. The predicted octanol–water partition coefficient (Wildman–Crippen LogP) is 1.76. The second-order valence-electron chi connectivity index (χ2n) is 3.96. The fourth-order valence-electron chi connectivity index (χ4n) is 1.74. The van der Waals surface area contributed by atoms with Crippen LogP contribution >= 0.6 is 0 Å². The van der Waals surface area contributed by atoms with Crippen molar-refractivity contribution in [3.63, 3.8) is 0 Å². The van der Waals surface area contributed by atoms with E-state index in [2.05, 4.69) is 15.5 Å². The number of anilines is 1. The van der Waals surface area contributed by atoms with Crippen molar-refractivity contribution in [1.29, 1.82) is 0 Å². The van der Waals surface area contributed by atoms with Crippen molar-refractivity contribution in [3.8, 4) is 11.5 Å². The van der Waals surface area contributed by atoms with E-state index < -0.39 is 0 Å². The van der Waals surface area contributed by atoms with Crippen LogP contribution in [0.25, 0.3) is 0 Å². The molecule has 94 valence electrons. The summed E-state index contributed by atoms with van der Waals surface area (Å²) >= 11 is 0. The van der Waals surface area contributed by atoms with E-state index in [4.69, 9.17) is 13.9 Å². The molecule has 0 bridgehead atoms. The SMILES string of the molecule is Cc1nnc(NCc2ccc3c(c2)OCCO3)o1. The number of nitrogens with zero attached hydrogens (tertiary/aromatic N) is 2. The maximum absolute atomic E-state index is 5.52. The molecule has 3 rings (SSSR count). The molecule has 1 aromatic carbocycles. The molecule has 0 unspecified atom stereocenters. The van der Waals surface area contributed by atoms with Crippen LogP contribution in [0, 0.1) is 6.92 Å². The Morgan fingerprint density at radius 1 is 1.17 bits per heavy atom. The zero-order valence-corrected chi connectivity index (χ0v) is 9.97. The average molecular weight is 247 g/mol. The van der Waals surface area contributed by atoms with Crippen molar-refractivity contribution in [3.05, 3.63) is 29.7 Å². The van der Waals surface area contributed by atoms with Crippen molar-refractivity contribution in [1.82, 2.24) is 10.2 Å². The topological polar surface area (TPSA) is 69.4 Å². The lowest BCUT2D eigenvalue weighted by atomic mass is 10.2. The Bertz CT molecular complexity index is 553. The highest BCUT2D eigenvalue weighted by molar-refractivity contribution is 5.44. The summed E-state index contributed by atoms with van der Waals surface area (Å²) in [4.78, 5) is 0. The van der Waals surface area contributed by atoms with E-state index in [1.165, 1.54) is 0 Å². The lowest BCUT2D eigenvalue weighted by Gasteiger charge is -2.18. The minimum absolute atomic E-state index is 0.419. The van der Waals surface area contributed by atoms with Gasteiger partial charge in [-0.25, -0.2) is 0 Å². The van der Waals surface area contributed by atoms with Gasteiger partial charge in [-0.05, 0) is 17.7 Å². The van der Waals surface area contributed by atoms with Crippen molar-refractivity contribution in [2.45, 2.75) is 13.5 Å². The second-order valence-corrected chi connectivity index (χ2v) is 3.96. The van der Waals surface area contributed by atoms with E-state index in [0.717, 1.165) is 17.1 Å². The van der Waals surface area contributed by atoms with E-state index in [9.17, 15) is 0 Å². The van der Waals surface area contributed by atoms with Crippen LogP contribution < -0.4 is 14.8 Å². The Hall–Kier alpha value is -2.24. The van der Waals surface area contributed by atoms with Crippen molar-refractivity contribution < 1.29 is 13.9 Å². The third-order valence-corrected chi connectivity index (χ3v) is 2.58. The van der Waals surface area contributed by atoms with Gasteiger partial charge in [0.2, 0.25) is 5.89 Å². The van der Waals surface area contributed by atoms with Gasteiger partial charge in [0, 0.05) is 13.5 Å². The van der Waals surface area contributed by atoms with Gasteiger partial charge in [-0.15, -0.1) is 5.10 Å². The van der Waals surface area contributed by atoms with Gasteiger partial charge in [-0.3, -0.25) is 0 Å². The molecule has 2 heterocycles. The molecule has 0 radical (unpaired) electrons. The first-order valence-corrected chi connectivity index (χ1v) is 5.74. The maximum atomic E-state index is 5.52. The van der Waals surface area contributed by atoms with Crippen LogP contribution in [0.15, 0.2) is 22.6 Å². The van der Waals surface area contributed by atoms with E-state index in [0.29, 0.717) is 31.7 Å². The van der Waals surface area contributed by atoms with Gasteiger partial charge < -0.3 is 19.2 Å². The van der Waals surface area contributed by atoms with Gasteiger partial charge in [-0.1, -0.05) is 11.2 Å². The molecule has 1 aliphatic rings. The molecule has 0 spiro atoms. The summed E-state index contributed by atoms with van der Waals surface area (Å²) in [5.74, 6) is 2.11. The molecule has 0 fully saturated rings. The summed E-state index contributed by atoms with van der Waals surface area (Å²) in [5, 5.41) is 10.7. The molecule has 0 aliphatic carbocycles. The van der Waals surface area contributed by atoms with Gasteiger partial charge in [-0.2, -0.15) is 0 Å². The highest BCUT2D eigenvalue weighted by Gasteiger charge is 2.11. The quantitative estimate of drug-likeness (QED) is 0.891. The fraction of sp³-hybridized carbons (Fsp3) is 0.333. The molecular weight excluding hydrogens is 234 g/mol. The zero-order valence-electron chi connectivity index (χ0n) is 9.97. The molecule has 0 amide bonds. The van der Waals surface area contributed by atoms with Gasteiger partial charge in [0.25, 0.3) is 0 Å². The normalized spacial score (nSPS) is 13.4. The molecular formula is C12H13N3O3. The molecule has 0 saturated heterocycles. The fourth-order valence-corrected chi connectivity index (χ4v) is 1.74. The molecule has 1 aromatic heterocycles. The number of fused-ring (bicyclic) bond motifs is 1. The molecule has 1 N–H and O–H groups in total. The number of nitrogens with one attached hydrogen (secondary N) is 1. The van der Waals surface area contributed by atoms with Crippen LogP contribution in [-0.4, -0.2) is 23.4 Å². The summed E-state index contributed by atoms with van der Waals surface area (Å²) in [5.41, 5.74) is 1.06. The van der Waals surface area contributed by atoms with Crippen molar-refractivity contribution >= 4 is 6.01 Å². The third kappa shape index (κ3) is 2.22. The van der Waals surface area contributed by atoms with E-state index >= 15 is 0 Å². The largest absolute Gasteiger partial charge is 0.486 e. The second kappa shape index (κ2) is 4.56. The summed E-state index contributed by atoms with van der Waals surface area (Å²) < 4.78 is 16.2. The number of benzene rings is 1. The van der Waals surface area contributed by atoms with Gasteiger partial charge in [0.15, 0.2) is 11.5 Å². The zero-order chi connectivity index (χ0) is 12.4. The molecule has 1 aliphatic heterocycles. The number of ether oxygens (including phenoxy) is 2. The van der Waals surface area contributed by atoms with Crippen LogP contribution in [0.5, 0.6) is 11.5 Å². The maximum Gasteiger partial charge on any atom is 0.315 e. The first-order valence-electron chi connectivity index (χ1n) is 5.74. The highest BCUT2D eigenvalue weighted by atomic mass is 16.6. The van der Waals surface area contributed by atoms with Crippen LogP contribution in [0.4, 0.5) is 6.01 Å². The minimum Gasteiger partial charge on any atom is -0.486 e. The smallest absolute Gasteiger partial charge is 0.315 e. The van der Waals surface area contributed by atoms with Crippen LogP contribution in [0.2, 0.25) is 0 Å². The minimum atomic E-state index is 0.419. The average Bonchev–Trinajstić information content (AvgIpc) is 2.82. The summed E-state index contributed by atoms with van der Waals surface area (Å²) in [7, 11) is 0. The molecule has 6 heteroatoms.